The van der Waals surface area contributed by atoms with Gasteiger partial charge in [0.25, 0.3) is 5.91 Å². The zero-order valence-electron chi connectivity index (χ0n) is 28.7. The number of carbonyl (C=O) groups is 4. The minimum Gasteiger partial charge on any atom is -0.480 e. The van der Waals surface area contributed by atoms with Crippen LogP contribution >= 0.6 is 23.2 Å². The van der Waals surface area contributed by atoms with Gasteiger partial charge in [-0.2, -0.15) is 0 Å². The first-order chi connectivity index (χ1) is 24.4. The molecule has 2 aromatic carbocycles. The number of pyridine rings is 2. The number of fused-ring (bicyclic) bond motifs is 1. The average Bonchev–Trinajstić information content (AvgIpc) is 3.66. The van der Waals surface area contributed by atoms with Crippen molar-refractivity contribution < 1.29 is 28.7 Å². The van der Waals surface area contributed by atoms with Crippen molar-refractivity contribution in [2.75, 3.05) is 26.7 Å². The van der Waals surface area contributed by atoms with Crippen molar-refractivity contribution in [1.29, 1.82) is 0 Å². The van der Waals surface area contributed by atoms with Crippen LogP contribution in [0.25, 0.3) is 33.6 Å². The zero-order chi connectivity index (χ0) is 36.4. The lowest BCUT2D eigenvalue weighted by Crippen LogP contribution is -2.47. The second-order valence-corrected chi connectivity index (χ2v) is 14.2. The number of amides is 3. The number of nitrogens with zero attached hydrogens (tertiary/aromatic N) is 4. The zero-order valence-corrected chi connectivity index (χ0v) is 30.2. The van der Waals surface area contributed by atoms with Gasteiger partial charge in [0.15, 0.2) is 6.29 Å². The van der Waals surface area contributed by atoms with Gasteiger partial charge in [-0.3, -0.25) is 19.4 Å². The molecule has 0 radical (unpaired) electrons. The predicted octanol–water partition coefficient (Wildman–Crippen LogP) is 7.08. The molecule has 1 atom stereocenters. The molecule has 4 heterocycles. The van der Waals surface area contributed by atoms with E-state index >= 15 is 0 Å². The molecule has 0 aliphatic carbocycles. The maximum atomic E-state index is 13.5. The normalized spacial score (nSPS) is 15.4. The lowest BCUT2D eigenvalue weighted by molar-refractivity contribution is -0.119. The highest BCUT2D eigenvalue weighted by Gasteiger charge is 2.32. The molecule has 0 spiro atoms. The Hall–Kier alpha value is -5.00. The first-order valence-electron chi connectivity index (χ1n) is 16.5. The van der Waals surface area contributed by atoms with E-state index in [0.29, 0.717) is 81.5 Å². The van der Waals surface area contributed by atoms with Crippen molar-refractivity contribution in [3.63, 3.8) is 0 Å². The molecule has 2 aromatic heterocycles. The summed E-state index contributed by atoms with van der Waals surface area (Å²) in [6.45, 7) is 6.56. The van der Waals surface area contributed by atoms with Crippen LogP contribution in [0.15, 0.2) is 60.8 Å². The molecule has 1 N–H and O–H groups in total. The van der Waals surface area contributed by atoms with E-state index in [1.807, 2.05) is 30.3 Å². The summed E-state index contributed by atoms with van der Waals surface area (Å²) in [5, 5.41) is 3.70. The first kappa shape index (κ1) is 35.8. The summed E-state index contributed by atoms with van der Waals surface area (Å²) in [7, 11) is 1.45. The third-order valence-corrected chi connectivity index (χ3v) is 9.53. The van der Waals surface area contributed by atoms with E-state index in [1.165, 1.54) is 7.11 Å². The number of ether oxygens (including phenoxy) is 2. The van der Waals surface area contributed by atoms with Crippen molar-refractivity contribution in [2.45, 2.75) is 51.8 Å². The molecule has 264 valence electrons. The van der Waals surface area contributed by atoms with E-state index in [0.717, 1.165) is 11.1 Å². The van der Waals surface area contributed by atoms with Gasteiger partial charge in [-0.05, 0) is 63.1 Å². The Morgan fingerprint density at radius 3 is 2.51 bits per heavy atom. The smallest absolute Gasteiger partial charge is 0.410 e. The standard InChI is InChI=1S/C38H37Cl2N5O6/c1-38(2,3)51-37(49)45(20-25-10-13-31(47)42-25)17-16-44-19-24-18-22(8-11-26(24)36(44)48)34-33(40)28(14-15-41-34)27-6-5-7-29(32(27)39)30-12-9-23(21-46)35(43-30)50-4/h5-9,11-12,14-15,18,21,25H,10,13,16-17,19-20H2,1-4H3,(H,42,47)/t25-/m0/s1. The van der Waals surface area contributed by atoms with E-state index < -0.39 is 11.7 Å². The number of aromatic nitrogens is 2. The summed E-state index contributed by atoms with van der Waals surface area (Å²) in [6.07, 6.45) is 2.89. The third-order valence-electron chi connectivity index (χ3n) is 8.74. The van der Waals surface area contributed by atoms with Gasteiger partial charge in [-0.25, -0.2) is 9.78 Å². The van der Waals surface area contributed by atoms with Crippen molar-refractivity contribution in [2.24, 2.45) is 0 Å². The number of halogens is 2. The molecule has 2 aliphatic heterocycles. The summed E-state index contributed by atoms with van der Waals surface area (Å²) in [6, 6.07) is 16.0. The number of aldehydes is 1. The summed E-state index contributed by atoms with van der Waals surface area (Å²) in [4.78, 5) is 62.1. The molecule has 1 fully saturated rings. The van der Waals surface area contributed by atoms with Gasteiger partial charge in [-0.15, -0.1) is 0 Å². The van der Waals surface area contributed by atoms with Crippen LogP contribution in [0.1, 0.15) is 59.9 Å². The first-order valence-corrected chi connectivity index (χ1v) is 17.3. The van der Waals surface area contributed by atoms with Gasteiger partial charge in [0.1, 0.15) is 5.60 Å². The van der Waals surface area contributed by atoms with Crippen molar-refractivity contribution in [3.05, 3.63) is 87.5 Å². The highest BCUT2D eigenvalue weighted by atomic mass is 35.5. The molecule has 0 saturated carbocycles. The van der Waals surface area contributed by atoms with Crippen LogP contribution in [0, 0.1) is 0 Å². The van der Waals surface area contributed by atoms with Crippen LogP contribution in [0.4, 0.5) is 4.79 Å². The highest BCUT2D eigenvalue weighted by molar-refractivity contribution is 6.39. The minimum absolute atomic E-state index is 0.0394. The second kappa shape index (κ2) is 14.7. The topological polar surface area (TPSA) is 131 Å². The van der Waals surface area contributed by atoms with Crippen LogP contribution in [-0.4, -0.2) is 82.3 Å². The Morgan fingerprint density at radius 2 is 1.80 bits per heavy atom. The Morgan fingerprint density at radius 1 is 1.04 bits per heavy atom. The van der Waals surface area contributed by atoms with Gasteiger partial charge in [0.05, 0.1) is 34.1 Å². The molecular formula is C38H37Cl2N5O6. The van der Waals surface area contributed by atoms with Crippen LogP contribution < -0.4 is 10.1 Å². The molecule has 51 heavy (non-hydrogen) atoms. The largest absolute Gasteiger partial charge is 0.480 e. The van der Waals surface area contributed by atoms with E-state index in [1.54, 1.807) is 61.0 Å². The van der Waals surface area contributed by atoms with Crippen LogP contribution in [-0.2, 0) is 16.1 Å². The number of nitrogens with one attached hydrogen (secondary N) is 1. The van der Waals surface area contributed by atoms with Crippen molar-refractivity contribution in [3.8, 4) is 39.5 Å². The number of methoxy groups -OCH3 is 1. The van der Waals surface area contributed by atoms with Gasteiger partial charge in [-0.1, -0.05) is 47.5 Å². The Labute approximate surface area is 305 Å². The Bertz CT molecular complexity index is 2030. The molecular weight excluding hydrogens is 693 g/mol. The number of benzene rings is 2. The number of rotatable bonds is 10. The summed E-state index contributed by atoms with van der Waals surface area (Å²) >= 11 is 14.0. The number of hydrogen-bond acceptors (Lipinski definition) is 8. The molecule has 11 nitrogen and oxygen atoms in total. The summed E-state index contributed by atoms with van der Waals surface area (Å²) < 4.78 is 10.9. The van der Waals surface area contributed by atoms with Crippen molar-refractivity contribution >= 4 is 47.4 Å². The fraction of sp³-hybridized carbons (Fsp3) is 0.316. The summed E-state index contributed by atoms with van der Waals surface area (Å²) in [5.74, 6) is 0.0152. The van der Waals surface area contributed by atoms with Crippen LogP contribution in [0.2, 0.25) is 10.0 Å². The predicted molar refractivity (Wildman–Crippen MR) is 194 cm³/mol. The SMILES string of the molecule is COc1nc(-c2cccc(-c3ccnc(-c4ccc5c(c4)CN(CCN(C[C@@H]4CCC(=O)N4)C(=O)OC(C)(C)C)C5=O)c3Cl)c2Cl)ccc1C=O. The van der Waals surface area contributed by atoms with Crippen molar-refractivity contribution in [1.82, 2.24) is 25.1 Å². The molecule has 13 heteroatoms. The number of hydrogen-bond donors (Lipinski definition) is 1. The van der Waals surface area contributed by atoms with E-state index in [9.17, 15) is 19.2 Å². The molecule has 1 saturated heterocycles. The third kappa shape index (κ3) is 7.69. The van der Waals surface area contributed by atoms with Gasteiger partial charge in [0, 0.05) is 72.7 Å². The lowest BCUT2D eigenvalue weighted by Gasteiger charge is -2.30. The van der Waals surface area contributed by atoms with E-state index in [-0.39, 0.29) is 36.8 Å². The molecule has 3 amide bonds. The Balaban J connectivity index is 1.22. The Kier molecular flexibility index (Phi) is 10.3. The van der Waals surface area contributed by atoms with Crippen LogP contribution in [0.5, 0.6) is 5.88 Å². The number of carbonyl (C=O) groups excluding carboxylic acids is 4. The fourth-order valence-corrected chi connectivity index (χ4v) is 6.91. The maximum absolute atomic E-state index is 13.5. The molecule has 0 bridgehead atoms. The average molecular weight is 731 g/mol. The maximum Gasteiger partial charge on any atom is 0.410 e. The molecule has 6 rings (SSSR count). The molecule has 0 unspecified atom stereocenters. The quantitative estimate of drug-likeness (QED) is 0.172. The van der Waals surface area contributed by atoms with Gasteiger partial charge in [0.2, 0.25) is 11.8 Å². The minimum atomic E-state index is -0.694. The second-order valence-electron chi connectivity index (χ2n) is 13.4. The van der Waals surface area contributed by atoms with Crippen LogP contribution in [0.3, 0.4) is 0 Å². The highest BCUT2D eigenvalue weighted by Crippen LogP contribution is 2.42. The molecule has 4 aromatic rings. The van der Waals surface area contributed by atoms with E-state index in [2.05, 4.69) is 15.3 Å². The monoisotopic (exact) mass is 729 g/mol. The van der Waals surface area contributed by atoms with Gasteiger partial charge >= 0.3 is 6.09 Å². The fourth-order valence-electron chi connectivity index (χ4n) is 6.26. The summed E-state index contributed by atoms with van der Waals surface area (Å²) in [5.41, 5.74) is 4.74. The molecule has 2 aliphatic rings. The lowest BCUT2D eigenvalue weighted by atomic mass is 9.98. The van der Waals surface area contributed by atoms with Gasteiger partial charge < -0.3 is 24.6 Å². The van der Waals surface area contributed by atoms with E-state index in [4.69, 9.17) is 32.7 Å².